The van der Waals surface area contributed by atoms with Crippen LogP contribution < -0.4 is 0 Å². The molecule has 0 spiro atoms. The molecule has 1 aromatic heterocycles. The average molecular weight is 255 g/mol. The number of hydrogen-bond acceptors (Lipinski definition) is 2. The second-order valence-corrected chi connectivity index (χ2v) is 4.08. The van der Waals surface area contributed by atoms with Crippen LogP contribution in [0.2, 0.25) is 0 Å². The fourth-order valence-electron chi connectivity index (χ4n) is 1.90. The zero-order valence-electron chi connectivity index (χ0n) is 9.73. The highest BCUT2D eigenvalue weighted by molar-refractivity contribution is 6.04. The quantitative estimate of drug-likeness (QED) is 0.884. The third kappa shape index (κ3) is 2.60. The van der Waals surface area contributed by atoms with E-state index in [0.717, 1.165) is 23.0 Å². The lowest BCUT2D eigenvalue weighted by Crippen LogP contribution is -2.10. The zero-order chi connectivity index (χ0) is 11.7. The second kappa shape index (κ2) is 5.21. The number of fused-ring (bicyclic) bond motifs is 1. The van der Waals surface area contributed by atoms with Crippen LogP contribution in [0.25, 0.3) is 10.9 Å². The molecule has 2 N–H and O–H groups in total. The fourth-order valence-corrected chi connectivity index (χ4v) is 1.90. The Balaban J connectivity index is 0.00000144. The Morgan fingerprint density at radius 2 is 2.12 bits per heavy atom. The summed E-state index contributed by atoms with van der Waals surface area (Å²) in [6.07, 6.45) is 1.87. The van der Waals surface area contributed by atoms with Crippen LogP contribution >= 0.6 is 12.4 Å². The van der Waals surface area contributed by atoms with E-state index in [1.807, 2.05) is 31.3 Å². The monoisotopic (exact) mass is 254 g/mol. The van der Waals surface area contributed by atoms with Gasteiger partial charge in [0.1, 0.15) is 0 Å². The molecule has 0 atom stereocenters. The number of rotatable bonds is 3. The largest absolute Gasteiger partial charge is 0.478 e. The third-order valence-corrected chi connectivity index (χ3v) is 2.50. The van der Waals surface area contributed by atoms with E-state index in [2.05, 4.69) is 4.98 Å². The molecule has 4 nitrogen and oxygen atoms in total. The Labute approximate surface area is 106 Å². The van der Waals surface area contributed by atoms with Gasteiger partial charge in [0.15, 0.2) is 0 Å². The van der Waals surface area contributed by atoms with Gasteiger partial charge in [0, 0.05) is 23.6 Å². The molecule has 0 unspecified atom stereocenters. The summed E-state index contributed by atoms with van der Waals surface area (Å²) < 4.78 is 0. The van der Waals surface area contributed by atoms with Crippen LogP contribution in [0.1, 0.15) is 15.9 Å². The van der Waals surface area contributed by atoms with Crippen molar-refractivity contribution >= 4 is 29.3 Å². The summed E-state index contributed by atoms with van der Waals surface area (Å²) in [5.41, 5.74) is 2.24. The van der Waals surface area contributed by atoms with Gasteiger partial charge in [0.2, 0.25) is 0 Å². The van der Waals surface area contributed by atoms with Crippen LogP contribution in [0.5, 0.6) is 0 Å². The lowest BCUT2D eigenvalue weighted by Gasteiger charge is -2.09. The van der Waals surface area contributed by atoms with Crippen LogP contribution in [0.3, 0.4) is 0 Å². The maximum atomic E-state index is 11.1. The number of carboxylic acid groups (broad SMARTS) is 1. The Hall–Kier alpha value is -1.52. The minimum absolute atomic E-state index is 0. The van der Waals surface area contributed by atoms with E-state index in [0.29, 0.717) is 5.56 Å². The molecule has 0 bridgehead atoms. The number of H-pyrrole nitrogens is 1. The predicted octanol–water partition coefficient (Wildman–Crippen LogP) is 2.35. The first kappa shape index (κ1) is 13.5. The maximum Gasteiger partial charge on any atom is 0.336 e. The Bertz CT molecular complexity index is 534. The van der Waals surface area contributed by atoms with E-state index in [1.54, 1.807) is 12.1 Å². The van der Waals surface area contributed by atoms with Crippen molar-refractivity contribution in [2.24, 2.45) is 0 Å². The summed E-state index contributed by atoms with van der Waals surface area (Å²) in [4.78, 5) is 16.2. The fraction of sp³-hybridized carbons (Fsp3) is 0.250. The van der Waals surface area contributed by atoms with Crippen molar-refractivity contribution in [1.29, 1.82) is 0 Å². The first-order valence-corrected chi connectivity index (χ1v) is 5.06. The molecule has 0 radical (unpaired) electrons. The standard InChI is InChI=1S/C12H14N2O2.ClH/c1-14(2)7-8-6-13-10-5-3-4-9(11(8)10)12(15)16;/h3-6,13H,7H2,1-2H3,(H,15,16);1H. The molecular weight excluding hydrogens is 240 g/mol. The van der Waals surface area contributed by atoms with Gasteiger partial charge in [-0.2, -0.15) is 0 Å². The number of aromatic amines is 1. The molecule has 0 fully saturated rings. The van der Waals surface area contributed by atoms with Crippen molar-refractivity contribution in [3.8, 4) is 0 Å². The third-order valence-electron chi connectivity index (χ3n) is 2.50. The molecular formula is C12H15ClN2O2. The van der Waals surface area contributed by atoms with Crippen LogP contribution in [0.15, 0.2) is 24.4 Å². The molecule has 0 saturated heterocycles. The van der Waals surface area contributed by atoms with Gasteiger partial charge in [0.25, 0.3) is 0 Å². The molecule has 0 aliphatic carbocycles. The molecule has 0 saturated carbocycles. The first-order valence-electron chi connectivity index (χ1n) is 5.06. The van der Waals surface area contributed by atoms with Gasteiger partial charge < -0.3 is 15.0 Å². The molecule has 0 aliphatic rings. The van der Waals surface area contributed by atoms with Crippen molar-refractivity contribution < 1.29 is 9.90 Å². The van der Waals surface area contributed by atoms with Crippen molar-refractivity contribution in [3.05, 3.63) is 35.5 Å². The zero-order valence-corrected chi connectivity index (χ0v) is 10.5. The van der Waals surface area contributed by atoms with Crippen molar-refractivity contribution in [3.63, 3.8) is 0 Å². The van der Waals surface area contributed by atoms with E-state index >= 15 is 0 Å². The summed E-state index contributed by atoms with van der Waals surface area (Å²) in [5.74, 6) is -0.884. The van der Waals surface area contributed by atoms with Gasteiger partial charge >= 0.3 is 5.97 Å². The lowest BCUT2D eigenvalue weighted by molar-refractivity contribution is 0.0699. The number of nitrogens with one attached hydrogen (secondary N) is 1. The van der Waals surface area contributed by atoms with Gasteiger partial charge in [0.05, 0.1) is 5.56 Å². The van der Waals surface area contributed by atoms with Crippen LogP contribution in [0, 0.1) is 0 Å². The number of aromatic nitrogens is 1. The Kier molecular flexibility index (Phi) is 4.15. The van der Waals surface area contributed by atoms with E-state index in [1.165, 1.54) is 0 Å². The highest BCUT2D eigenvalue weighted by Gasteiger charge is 2.13. The van der Waals surface area contributed by atoms with Gasteiger partial charge in [-0.25, -0.2) is 4.79 Å². The Morgan fingerprint density at radius 1 is 1.41 bits per heavy atom. The van der Waals surface area contributed by atoms with E-state index in [9.17, 15) is 4.79 Å². The number of nitrogens with zero attached hydrogens (tertiary/aromatic N) is 1. The van der Waals surface area contributed by atoms with E-state index in [4.69, 9.17) is 5.11 Å². The molecule has 1 aromatic carbocycles. The normalized spacial score (nSPS) is 10.5. The maximum absolute atomic E-state index is 11.1. The number of carbonyl (C=O) groups is 1. The molecule has 1 heterocycles. The SMILES string of the molecule is CN(C)Cc1c[nH]c2cccc(C(=O)O)c12.Cl. The summed E-state index contributed by atoms with van der Waals surface area (Å²) in [5, 5.41) is 9.94. The highest BCUT2D eigenvalue weighted by atomic mass is 35.5. The number of carboxylic acids is 1. The van der Waals surface area contributed by atoms with Gasteiger partial charge in [-0.05, 0) is 31.8 Å². The first-order chi connectivity index (χ1) is 7.59. The summed E-state index contributed by atoms with van der Waals surface area (Å²) >= 11 is 0. The average Bonchev–Trinajstić information content (AvgIpc) is 2.60. The van der Waals surface area contributed by atoms with E-state index in [-0.39, 0.29) is 12.4 Å². The van der Waals surface area contributed by atoms with Crippen molar-refractivity contribution in [1.82, 2.24) is 9.88 Å². The molecule has 92 valence electrons. The van der Waals surface area contributed by atoms with Crippen molar-refractivity contribution in [2.45, 2.75) is 6.54 Å². The summed E-state index contributed by atoms with van der Waals surface area (Å²) in [6.45, 7) is 0.726. The molecule has 0 aliphatic heterocycles. The molecule has 2 rings (SSSR count). The number of halogens is 1. The summed E-state index contributed by atoms with van der Waals surface area (Å²) in [6, 6.07) is 5.28. The Morgan fingerprint density at radius 3 is 2.71 bits per heavy atom. The molecule has 5 heteroatoms. The molecule has 0 amide bonds. The molecule has 2 aromatic rings. The highest BCUT2D eigenvalue weighted by Crippen LogP contribution is 2.23. The van der Waals surface area contributed by atoms with Crippen molar-refractivity contribution in [2.75, 3.05) is 14.1 Å². The van der Waals surface area contributed by atoms with Gasteiger partial charge in [-0.15, -0.1) is 12.4 Å². The topological polar surface area (TPSA) is 56.3 Å². The minimum atomic E-state index is -0.884. The lowest BCUT2D eigenvalue weighted by atomic mass is 10.1. The van der Waals surface area contributed by atoms with Gasteiger partial charge in [-0.1, -0.05) is 6.07 Å². The van der Waals surface area contributed by atoms with Crippen LogP contribution in [0.4, 0.5) is 0 Å². The summed E-state index contributed by atoms with van der Waals surface area (Å²) in [7, 11) is 3.92. The molecule has 17 heavy (non-hydrogen) atoms. The number of hydrogen-bond donors (Lipinski definition) is 2. The number of benzene rings is 1. The van der Waals surface area contributed by atoms with Crippen LogP contribution in [-0.2, 0) is 6.54 Å². The second-order valence-electron chi connectivity index (χ2n) is 4.08. The van der Waals surface area contributed by atoms with Gasteiger partial charge in [-0.3, -0.25) is 0 Å². The predicted molar refractivity (Wildman–Crippen MR) is 69.9 cm³/mol. The van der Waals surface area contributed by atoms with Crippen LogP contribution in [-0.4, -0.2) is 35.1 Å². The van der Waals surface area contributed by atoms with E-state index < -0.39 is 5.97 Å². The minimum Gasteiger partial charge on any atom is -0.478 e. The number of aromatic carboxylic acids is 1. The smallest absolute Gasteiger partial charge is 0.336 e.